The molecule has 6 nitrogen and oxygen atoms in total. The number of nitro benzene ring substituents is 1. The molecule has 0 saturated carbocycles. The fourth-order valence-corrected chi connectivity index (χ4v) is 5.24. The maximum atomic E-state index is 12.9. The normalized spacial score (nSPS) is 15.3. The van der Waals surface area contributed by atoms with E-state index in [1.165, 1.54) is 40.3 Å². The Kier molecular flexibility index (Phi) is 5.59. The van der Waals surface area contributed by atoms with Crippen LogP contribution in [-0.4, -0.2) is 30.7 Å². The van der Waals surface area contributed by atoms with Crippen molar-refractivity contribution >= 4 is 27.5 Å². The Balaban J connectivity index is 1.85. The summed E-state index contributed by atoms with van der Waals surface area (Å²) in [6.07, 6.45) is 1.60. The van der Waals surface area contributed by atoms with Gasteiger partial charge in [-0.25, -0.2) is 12.8 Å². The second-order valence-electron chi connectivity index (χ2n) is 5.91. The molecular weight excluding hydrogens is 379 g/mol. The maximum Gasteiger partial charge on any atom is 0.284 e. The summed E-state index contributed by atoms with van der Waals surface area (Å²) < 4.78 is 39.5. The van der Waals surface area contributed by atoms with Crippen molar-refractivity contribution in [3.05, 3.63) is 64.0 Å². The standard InChI is InChI=1S/C17H17FN2O4S2/c18-14-5-3-13(4-6-14)12-25-17-8-7-15(11-16(17)20(21)22)26(23,24)19-9-1-2-10-19/h3-8,11H,1-2,9-10,12H2. The highest BCUT2D eigenvalue weighted by Crippen LogP contribution is 2.34. The fraction of sp³-hybridized carbons (Fsp3) is 0.294. The first-order valence-corrected chi connectivity index (χ1v) is 10.5. The van der Waals surface area contributed by atoms with Crippen molar-refractivity contribution in [1.29, 1.82) is 0 Å². The van der Waals surface area contributed by atoms with E-state index in [1.807, 2.05) is 0 Å². The Labute approximate surface area is 155 Å². The van der Waals surface area contributed by atoms with Crippen LogP contribution in [0.1, 0.15) is 18.4 Å². The van der Waals surface area contributed by atoms with Gasteiger partial charge in [0.15, 0.2) is 0 Å². The molecule has 2 aromatic rings. The van der Waals surface area contributed by atoms with E-state index in [4.69, 9.17) is 0 Å². The Hall–Kier alpha value is -1.97. The molecule has 0 N–H and O–H groups in total. The predicted octanol–water partition coefficient (Wildman–Crippen LogP) is 3.81. The Morgan fingerprint density at radius 2 is 1.77 bits per heavy atom. The number of nitrogens with zero attached hydrogens (tertiary/aromatic N) is 2. The first-order chi connectivity index (χ1) is 12.4. The Morgan fingerprint density at radius 3 is 2.38 bits per heavy atom. The number of hydrogen-bond acceptors (Lipinski definition) is 5. The van der Waals surface area contributed by atoms with Gasteiger partial charge in [0.25, 0.3) is 5.69 Å². The molecule has 1 aliphatic heterocycles. The number of benzene rings is 2. The molecule has 0 unspecified atom stereocenters. The van der Waals surface area contributed by atoms with Gasteiger partial charge in [-0.2, -0.15) is 4.31 Å². The van der Waals surface area contributed by atoms with Gasteiger partial charge in [0, 0.05) is 24.9 Å². The van der Waals surface area contributed by atoms with Gasteiger partial charge in [0.1, 0.15) is 5.82 Å². The second-order valence-corrected chi connectivity index (χ2v) is 8.87. The summed E-state index contributed by atoms with van der Waals surface area (Å²) in [6, 6.07) is 9.89. The van der Waals surface area contributed by atoms with Crippen LogP contribution in [0.3, 0.4) is 0 Å². The summed E-state index contributed by atoms with van der Waals surface area (Å²) in [7, 11) is -3.71. The molecule has 0 spiro atoms. The van der Waals surface area contributed by atoms with Gasteiger partial charge in [-0.1, -0.05) is 12.1 Å². The minimum Gasteiger partial charge on any atom is -0.258 e. The zero-order valence-electron chi connectivity index (χ0n) is 13.8. The average Bonchev–Trinajstić information content (AvgIpc) is 3.16. The van der Waals surface area contributed by atoms with Crippen LogP contribution >= 0.6 is 11.8 Å². The summed E-state index contributed by atoms with van der Waals surface area (Å²) in [4.78, 5) is 11.2. The molecule has 138 valence electrons. The molecule has 1 heterocycles. The Bertz CT molecular complexity index is 911. The molecule has 3 rings (SSSR count). The van der Waals surface area contributed by atoms with Crippen molar-refractivity contribution in [3.8, 4) is 0 Å². The first kappa shape index (κ1) is 18.8. The molecule has 1 saturated heterocycles. The molecule has 0 amide bonds. The molecule has 1 fully saturated rings. The summed E-state index contributed by atoms with van der Waals surface area (Å²) in [5.41, 5.74) is 0.580. The van der Waals surface area contributed by atoms with Crippen molar-refractivity contribution in [2.45, 2.75) is 28.4 Å². The maximum absolute atomic E-state index is 12.9. The molecule has 2 aromatic carbocycles. The van der Waals surface area contributed by atoms with E-state index < -0.39 is 14.9 Å². The van der Waals surface area contributed by atoms with E-state index in [0.717, 1.165) is 24.5 Å². The third kappa shape index (κ3) is 4.05. The van der Waals surface area contributed by atoms with Gasteiger partial charge in [0.2, 0.25) is 10.0 Å². The number of nitro groups is 1. The second kappa shape index (κ2) is 7.73. The lowest BCUT2D eigenvalue weighted by molar-refractivity contribution is -0.388. The van der Waals surface area contributed by atoms with Crippen LogP contribution in [0.25, 0.3) is 0 Å². The molecule has 0 atom stereocenters. The van der Waals surface area contributed by atoms with Gasteiger partial charge in [0.05, 0.1) is 14.7 Å². The number of rotatable bonds is 6. The molecular formula is C17H17FN2O4S2. The highest BCUT2D eigenvalue weighted by Gasteiger charge is 2.29. The van der Waals surface area contributed by atoms with Crippen LogP contribution in [-0.2, 0) is 15.8 Å². The van der Waals surface area contributed by atoms with Crippen LogP contribution in [0, 0.1) is 15.9 Å². The third-order valence-electron chi connectivity index (χ3n) is 4.14. The number of hydrogen-bond donors (Lipinski definition) is 0. The smallest absolute Gasteiger partial charge is 0.258 e. The quantitative estimate of drug-likeness (QED) is 0.421. The van der Waals surface area contributed by atoms with Crippen molar-refractivity contribution in [2.24, 2.45) is 0 Å². The Morgan fingerprint density at radius 1 is 1.12 bits per heavy atom. The SMILES string of the molecule is O=[N+]([O-])c1cc(S(=O)(=O)N2CCCC2)ccc1SCc1ccc(F)cc1. The van der Waals surface area contributed by atoms with E-state index >= 15 is 0 Å². The molecule has 26 heavy (non-hydrogen) atoms. The van der Waals surface area contributed by atoms with Crippen LogP contribution < -0.4 is 0 Å². The van der Waals surface area contributed by atoms with E-state index in [0.29, 0.717) is 23.7 Å². The molecule has 0 aliphatic carbocycles. The number of thioether (sulfide) groups is 1. The molecule has 0 aromatic heterocycles. The minimum absolute atomic E-state index is 0.0581. The van der Waals surface area contributed by atoms with Gasteiger partial charge in [-0.15, -0.1) is 11.8 Å². The zero-order chi connectivity index (χ0) is 18.7. The summed E-state index contributed by atoms with van der Waals surface area (Å²) in [5.74, 6) is 0.0699. The van der Waals surface area contributed by atoms with Crippen LogP contribution in [0.4, 0.5) is 10.1 Å². The predicted molar refractivity (Wildman–Crippen MR) is 97.1 cm³/mol. The monoisotopic (exact) mass is 396 g/mol. The van der Waals surface area contributed by atoms with Crippen molar-refractivity contribution in [2.75, 3.05) is 13.1 Å². The summed E-state index contributed by atoms with van der Waals surface area (Å²) in [6.45, 7) is 0.883. The van der Waals surface area contributed by atoms with E-state index in [2.05, 4.69) is 0 Å². The highest BCUT2D eigenvalue weighted by atomic mass is 32.2. The molecule has 1 aliphatic rings. The lowest BCUT2D eigenvalue weighted by atomic mass is 10.2. The van der Waals surface area contributed by atoms with Crippen molar-refractivity contribution in [1.82, 2.24) is 4.31 Å². The largest absolute Gasteiger partial charge is 0.284 e. The van der Waals surface area contributed by atoms with Crippen LogP contribution in [0.2, 0.25) is 0 Å². The fourth-order valence-electron chi connectivity index (χ4n) is 2.74. The minimum atomic E-state index is -3.71. The number of sulfonamides is 1. The zero-order valence-corrected chi connectivity index (χ0v) is 15.4. The van der Waals surface area contributed by atoms with Gasteiger partial charge in [-0.3, -0.25) is 10.1 Å². The topological polar surface area (TPSA) is 80.5 Å². The summed E-state index contributed by atoms with van der Waals surface area (Å²) >= 11 is 1.21. The average molecular weight is 396 g/mol. The van der Waals surface area contributed by atoms with Crippen molar-refractivity contribution < 1.29 is 17.7 Å². The molecule has 0 radical (unpaired) electrons. The van der Waals surface area contributed by atoms with Crippen LogP contribution in [0.15, 0.2) is 52.3 Å². The van der Waals surface area contributed by atoms with Crippen LogP contribution in [0.5, 0.6) is 0 Å². The van der Waals surface area contributed by atoms with Gasteiger partial charge < -0.3 is 0 Å². The molecule has 9 heteroatoms. The lowest BCUT2D eigenvalue weighted by Gasteiger charge is -2.15. The van der Waals surface area contributed by atoms with E-state index in [-0.39, 0.29) is 16.4 Å². The molecule has 0 bridgehead atoms. The summed E-state index contributed by atoms with van der Waals surface area (Å²) in [5, 5.41) is 11.4. The van der Waals surface area contributed by atoms with Crippen molar-refractivity contribution in [3.63, 3.8) is 0 Å². The number of halogens is 1. The van der Waals surface area contributed by atoms with Gasteiger partial charge in [-0.05, 0) is 42.7 Å². The first-order valence-electron chi connectivity index (χ1n) is 8.04. The van der Waals surface area contributed by atoms with E-state index in [9.17, 15) is 22.9 Å². The van der Waals surface area contributed by atoms with E-state index in [1.54, 1.807) is 12.1 Å². The highest BCUT2D eigenvalue weighted by molar-refractivity contribution is 7.98. The third-order valence-corrected chi connectivity index (χ3v) is 7.17. The lowest BCUT2D eigenvalue weighted by Crippen LogP contribution is -2.27. The van der Waals surface area contributed by atoms with Gasteiger partial charge >= 0.3 is 0 Å².